The number of nitrogens with zero attached hydrogens (tertiary/aromatic N) is 4. The number of methoxy groups -OCH3 is 1. The molecule has 0 saturated carbocycles. The van der Waals surface area contributed by atoms with Gasteiger partial charge in [0.05, 0.1) is 18.6 Å². The fraction of sp³-hybridized carbons (Fsp3) is 0.611. The molecule has 2 heterocycles. The lowest BCUT2D eigenvalue weighted by Crippen LogP contribution is -2.46. The summed E-state index contributed by atoms with van der Waals surface area (Å²) in [6.45, 7) is 0.512. The second-order valence-corrected chi connectivity index (χ2v) is 7.00. The molecule has 4 N–H and O–H groups in total. The lowest BCUT2D eigenvalue weighted by atomic mass is 10.2. The molecule has 170 valence electrons. The molecule has 13 heteroatoms. The van der Waals surface area contributed by atoms with Crippen molar-refractivity contribution < 1.29 is 24.0 Å². The van der Waals surface area contributed by atoms with Gasteiger partial charge in [-0.25, -0.2) is 9.97 Å². The minimum Gasteiger partial charge on any atom is -0.469 e. The van der Waals surface area contributed by atoms with Crippen molar-refractivity contribution in [2.24, 2.45) is 5.73 Å². The highest BCUT2D eigenvalue weighted by atomic mass is 16.6. The summed E-state index contributed by atoms with van der Waals surface area (Å²) in [6.07, 6.45) is 4.70. The molecule has 0 spiro atoms. The van der Waals surface area contributed by atoms with E-state index >= 15 is 0 Å². The molecule has 0 aromatic carbocycles. The molecule has 1 fully saturated rings. The smallest absolute Gasteiger partial charge is 0.353 e. The van der Waals surface area contributed by atoms with Crippen LogP contribution in [0.4, 0.5) is 17.3 Å². The molecule has 1 atom stereocenters. The maximum atomic E-state index is 12.4. The van der Waals surface area contributed by atoms with Crippen molar-refractivity contribution in [3.05, 3.63) is 16.4 Å². The lowest BCUT2D eigenvalue weighted by molar-refractivity contribution is -0.383. The number of esters is 1. The van der Waals surface area contributed by atoms with Crippen LogP contribution in [0.15, 0.2) is 6.33 Å². The Morgan fingerprint density at radius 2 is 2.10 bits per heavy atom. The number of nitro groups is 1. The normalized spacial score (nSPS) is 15.4. The summed E-state index contributed by atoms with van der Waals surface area (Å²) < 4.78 is 4.58. The maximum absolute atomic E-state index is 12.4. The predicted octanol–water partition coefficient (Wildman–Crippen LogP) is 0.100. The lowest BCUT2D eigenvalue weighted by Gasteiger charge is -2.24. The summed E-state index contributed by atoms with van der Waals surface area (Å²) in [7, 11) is 1.34. The Labute approximate surface area is 178 Å². The third kappa shape index (κ3) is 6.76. The molecular weight excluding hydrogens is 410 g/mol. The van der Waals surface area contributed by atoms with Crippen LogP contribution in [-0.2, 0) is 19.1 Å². The number of rotatable bonds is 12. The number of hydrogen-bond acceptors (Lipinski definition) is 10. The molecule has 0 bridgehead atoms. The van der Waals surface area contributed by atoms with Crippen molar-refractivity contribution in [1.29, 1.82) is 0 Å². The van der Waals surface area contributed by atoms with E-state index in [1.807, 2.05) is 0 Å². The first-order valence-corrected chi connectivity index (χ1v) is 9.97. The molecule has 31 heavy (non-hydrogen) atoms. The van der Waals surface area contributed by atoms with Crippen molar-refractivity contribution in [3.63, 3.8) is 0 Å². The Bertz CT molecular complexity index is 819. The fourth-order valence-corrected chi connectivity index (χ4v) is 3.34. The zero-order valence-electron chi connectivity index (χ0n) is 17.3. The van der Waals surface area contributed by atoms with Gasteiger partial charge in [0.2, 0.25) is 23.5 Å². The van der Waals surface area contributed by atoms with Gasteiger partial charge in [-0.15, -0.1) is 0 Å². The van der Waals surface area contributed by atoms with E-state index in [-0.39, 0.29) is 29.8 Å². The molecule has 1 aliphatic rings. The number of carbonyl (C=O) groups excluding carboxylic acids is 3. The van der Waals surface area contributed by atoms with Crippen LogP contribution >= 0.6 is 0 Å². The predicted molar refractivity (Wildman–Crippen MR) is 110 cm³/mol. The highest BCUT2D eigenvalue weighted by Gasteiger charge is 2.37. The average molecular weight is 437 g/mol. The highest BCUT2D eigenvalue weighted by molar-refractivity contribution is 5.90. The number of hydrogen-bond donors (Lipinski definition) is 3. The molecule has 1 aliphatic heterocycles. The van der Waals surface area contributed by atoms with Crippen LogP contribution in [0.1, 0.15) is 38.5 Å². The summed E-state index contributed by atoms with van der Waals surface area (Å²) in [5.41, 5.74) is 4.75. The number of primary amides is 1. The number of carbonyl (C=O) groups is 3. The van der Waals surface area contributed by atoms with Crippen molar-refractivity contribution in [1.82, 2.24) is 15.3 Å². The second kappa shape index (κ2) is 11.6. The van der Waals surface area contributed by atoms with Crippen LogP contribution in [0, 0.1) is 10.1 Å². The van der Waals surface area contributed by atoms with Gasteiger partial charge in [0, 0.05) is 19.5 Å². The standard InChI is InChI=1S/C18H27N7O6/c1-31-14(27)7-3-2-4-8-20-16-15(25(29)30)17(23-11-22-16)24-9-5-6-12(24)18(28)21-10-13(19)26/h11-12H,2-10H2,1H3,(H2,19,26)(H,21,28)(H,20,22,23). The van der Waals surface area contributed by atoms with Crippen molar-refractivity contribution >= 4 is 35.1 Å². The van der Waals surface area contributed by atoms with Gasteiger partial charge in [-0.05, 0) is 25.7 Å². The Morgan fingerprint density at radius 1 is 1.32 bits per heavy atom. The van der Waals surface area contributed by atoms with Crippen molar-refractivity contribution in [2.75, 3.05) is 37.0 Å². The molecule has 13 nitrogen and oxygen atoms in total. The first kappa shape index (κ1) is 23.8. The van der Waals surface area contributed by atoms with Crippen molar-refractivity contribution in [3.8, 4) is 0 Å². The molecule has 1 saturated heterocycles. The first-order valence-electron chi connectivity index (χ1n) is 9.97. The van der Waals surface area contributed by atoms with E-state index in [1.54, 1.807) is 4.90 Å². The molecule has 2 rings (SSSR count). The van der Waals surface area contributed by atoms with E-state index in [4.69, 9.17) is 5.73 Å². The monoisotopic (exact) mass is 437 g/mol. The molecule has 1 aromatic heterocycles. The molecule has 1 unspecified atom stereocenters. The van der Waals surface area contributed by atoms with Gasteiger partial charge < -0.3 is 26.0 Å². The largest absolute Gasteiger partial charge is 0.469 e. The van der Waals surface area contributed by atoms with Crippen molar-refractivity contribution in [2.45, 2.75) is 44.6 Å². The number of nitrogens with two attached hydrogens (primary N) is 1. The van der Waals surface area contributed by atoms with Crippen LogP contribution in [0.5, 0.6) is 0 Å². The number of amides is 2. The third-order valence-electron chi connectivity index (χ3n) is 4.83. The summed E-state index contributed by atoms with van der Waals surface area (Å²) in [5, 5.41) is 17.2. The SMILES string of the molecule is COC(=O)CCCCCNc1ncnc(N2CCCC2C(=O)NCC(N)=O)c1[N+](=O)[O-]. The quantitative estimate of drug-likeness (QED) is 0.175. The van der Waals surface area contributed by atoms with Crippen LogP contribution in [0.3, 0.4) is 0 Å². The van der Waals surface area contributed by atoms with Crippen LogP contribution < -0.4 is 21.3 Å². The van der Waals surface area contributed by atoms with Crippen LogP contribution in [-0.4, -0.2) is 65.5 Å². The average Bonchev–Trinajstić information content (AvgIpc) is 3.23. The minimum atomic E-state index is -0.695. The Morgan fingerprint density at radius 3 is 2.77 bits per heavy atom. The molecule has 2 amide bonds. The van der Waals surface area contributed by atoms with Gasteiger partial charge in [0.1, 0.15) is 12.4 Å². The number of unbranched alkanes of at least 4 members (excludes halogenated alkanes) is 2. The molecule has 0 radical (unpaired) electrons. The Kier molecular flexibility index (Phi) is 8.91. The van der Waals surface area contributed by atoms with E-state index in [0.29, 0.717) is 45.2 Å². The summed E-state index contributed by atoms with van der Waals surface area (Å²) >= 11 is 0. The van der Waals surface area contributed by atoms with E-state index in [1.165, 1.54) is 13.4 Å². The van der Waals surface area contributed by atoms with Crippen LogP contribution in [0.2, 0.25) is 0 Å². The number of aromatic nitrogens is 2. The third-order valence-corrected chi connectivity index (χ3v) is 4.83. The minimum absolute atomic E-state index is 0.0462. The molecule has 0 aliphatic carbocycles. The first-order chi connectivity index (χ1) is 14.8. The molecular formula is C18H27N7O6. The second-order valence-electron chi connectivity index (χ2n) is 7.00. The van der Waals surface area contributed by atoms with Gasteiger partial charge >= 0.3 is 11.7 Å². The summed E-state index contributed by atoms with van der Waals surface area (Å²) in [6, 6.07) is -0.695. The maximum Gasteiger partial charge on any atom is 0.353 e. The summed E-state index contributed by atoms with van der Waals surface area (Å²) in [4.78, 5) is 55.3. The van der Waals surface area contributed by atoms with Gasteiger partial charge in [0.25, 0.3) is 0 Å². The number of ether oxygens (including phenoxy) is 1. The van der Waals surface area contributed by atoms with Gasteiger partial charge in [-0.2, -0.15) is 0 Å². The van der Waals surface area contributed by atoms with Gasteiger partial charge in [-0.3, -0.25) is 24.5 Å². The van der Waals surface area contributed by atoms with Crippen LogP contribution in [0.25, 0.3) is 0 Å². The zero-order chi connectivity index (χ0) is 22.8. The Balaban J connectivity index is 2.07. The summed E-state index contributed by atoms with van der Waals surface area (Å²) in [5.74, 6) is -1.28. The topological polar surface area (TPSA) is 183 Å². The van der Waals surface area contributed by atoms with E-state index in [9.17, 15) is 24.5 Å². The zero-order valence-corrected chi connectivity index (χ0v) is 17.3. The number of anilines is 2. The van der Waals surface area contributed by atoms with Gasteiger partial charge in [0.15, 0.2) is 0 Å². The Hall–Kier alpha value is -3.51. The fourth-order valence-electron chi connectivity index (χ4n) is 3.34. The number of nitrogens with one attached hydrogen (secondary N) is 2. The highest BCUT2D eigenvalue weighted by Crippen LogP contribution is 2.35. The van der Waals surface area contributed by atoms with E-state index in [0.717, 1.165) is 6.42 Å². The van der Waals surface area contributed by atoms with E-state index in [2.05, 4.69) is 25.3 Å². The van der Waals surface area contributed by atoms with E-state index < -0.39 is 22.8 Å². The molecule has 1 aromatic rings. The van der Waals surface area contributed by atoms with Gasteiger partial charge in [-0.1, -0.05) is 6.42 Å².